The normalized spacial score (nSPS) is 19.3. The second-order valence-electron chi connectivity index (χ2n) is 6.42. The Morgan fingerprint density at radius 1 is 1.17 bits per heavy atom. The van der Waals surface area contributed by atoms with Crippen molar-refractivity contribution in [1.82, 2.24) is 10.2 Å². The Kier molecular flexibility index (Phi) is 6.20. The molecule has 2 atom stereocenters. The number of likely N-dealkylation sites (tertiary alicyclic amines) is 1. The van der Waals surface area contributed by atoms with Gasteiger partial charge < -0.3 is 10.2 Å². The lowest BCUT2D eigenvalue weighted by Crippen LogP contribution is -2.43. The van der Waals surface area contributed by atoms with Crippen molar-refractivity contribution in [2.24, 2.45) is 0 Å². The van der Waals surface area contributed by atoms with Crippen molar-refractivity contribution >= 4 is 11.8 Å². The summed E-state index contributed by atoms with van der Waals surface area (Å²) in [5.41, 5.74) is 1.28. The first-order valence-corrected chi connectivity index (χ1v) is 8.78. The highest BCUT2D eigenvalue weighted by atomic mass is 16.2. The number of nitrogens with zero attached hydrogens (tertiary/aromatic N) is 1. The Balaban J connectivity index is 2.06. The molecule has 1 N–H and O–H groups in total. The SMILES string of the molecule is CCC(C)NC(=O)c1ccc(C(=O)N2CCCCC2CC)cc1. The summed E-state index contributed by atoms with van der Waals surface area (Å²) < 4.78 is 0. The molecule has 0 aliphatic carbocycles. The number of benzene rings is 1. The number of hydrogen-bond donors (Lipinski definition) is 1. The number of piperidine rings is 1. The Labute approximate surface area is 139 Å². The van der Waals surface area contributed by atoms with Crippen molar-refractivity contribution in [3.05, 3.63) is 35.4 Å². The minimum Gasteiger partial charge on any atom is -0.350 e. The van der Waals surface area contributed by atoms with Gasteiger partial charge in [0.2, 0.25) is 0 Å². The van der Waals surface area contributed by atoms with Crippen LogP contribution in [0.4, 0.5) is 0 Å². The van der Waals surface area contributed by atoms with Crippen molar-refractivity contribution in [2.45, 2.75) is 65.0 Å². The first kappa shape index (κ1) is 17.5. The number of hydrogen-bond acceptors (Lipinski definition) is 2. The predicted octanol–water partition coefficient (Wildman–Crippen LogP) is 3.62. The Morgan fingerprint density at radius 2 is 1.83 bits per heavy atom. The van der Waals surface area contributed by atoms with Crippen LogP contribution in [-0.2, 0) is 0 Å². The zero-order valence-corrected chi connectivity index (χ0v) is 14.5. The fourth-order valence-electron chi connectivity index (χ4n) is 3.03. The van der Waals surface area contributed by atoms with E-state index < -0.39 is 0 Å². The van der Waals surface area contributed by atoms with Gasteiger partial charge in [0.05, 0.1) is 0 Å². The van der Waals surface area contributed by atoms with Crippen LogP contribution in [0.1, 0.15) is 73.6 Å². The van der Waals surface area contributed by atoms with E-state index in [9.17, 15) is 9.59 Å². The maximum atomic E-state index is 12.7. The van der Waals surface area contributed by atoms with Gasteiger partial charge in [-0.3, -0.25) is 9.59 Å². The molecule has 126 valence electrons. The minimum atomic E-state index is -0.0808. The monoisotopic (exact) mass is 316 g/mol. The Morgan fingerprint density at radius 3 is 2.43 bits per heavy atom. The van der Waals surface area contributed by atoms with Crippen molar-refractivity contribution in [3.63, 3.8) is 0 Å². The molecule has 0 bridgehead atoms. The van der Waals surface area contributed by atoms with Crippen LogP contribution in [0.3, 0.4) is 0 Å². The van der Waals surface area contributed by atoms with Crippen LogP contribution in [-0.4, -0.2) is 35.3 Å². The van der Waals surface area contributed by atoms with Gasteiger partial charge in [0, 0.05) is 29.8 Å². The number of nitrogens with one attached hydrogen (secondary N) is 1. The summed E-state index contributed by atoms with van der Waals surface area (Å²) in [7, 11) is 0. The standard InChI is InChI=1S/C19H28N2O2/c1-4-14(3)20-18(22)15-9-11-16(12-10-15)19(23)21-13-7-6-8-17(21)5-2/h9-12,14,17H,4-8,13H2,1-3H3,(H,20,22). The summed E-state index contributed by atoms with van der Waals surface area (Å²) in [6.07, 6.45) is 5.28. The largest absolute Gasteiger partial charge is 0.350 e. The van der Waals surface area contributed by atoms with Gasteiger partial charge in [0.25, 0.3) is 11.8 Å². The van der Waals surface area contributed by atoms with E-state index in [0.29, 0.717) is 17.2 Å². The summed E-state index contributed by atoms with van der Waals surface area (Å²) in [5, 5.41) is 2.94. The molecule has 2 rings (SSSR count). The molecule has 1 fully saturated rings. The molecule has 4 nitrogen and oxygen atoms in total. The van der Waals surface area contributed by atoms with Gasteiger partial charge in [0.1, 0.15) is 0 Å². The van der Waals surface area contributed by atoms with E-state index in [1.165, 1.54) is 6.42 Å². The highest BCUT2D eigenvalue weighted by Crippen LogP contribution is 2.22. The van der Waals surface area contributed by atoms with Gasteiger partial charge in [-0.15, -0.1) is 0 Å². The fourth-order valence-corrected chi connectivity index (χ4v) is 3.03. The molecule has 0 spiro atoms. The van der Waals surface area contributed by atoms with Gasteiger partial charge in [-0.25, -0.2) is 0 Å². The summed E-state index contributed by atoms with van der Waals surface area (Å²) >= 11 is 0. The molecule has 2 unspecified atom stereocenters. The highest BCUT2D eigenvalue weighted by molar-refractivity contribution is 5.98. The van der Waals surface area contributed by atoms with E-state index in [4.69, 9.17) is 0 Å². The maximum Gasteiger partial charge on any atom is 0.254 e. The zero-order chi connectivity index (χ0) is 16.8. The van der Waals surface area contributed by atoms with Crippen molar-refractivity contribution in [2.75, 3.05) is 6.54 Å². The zero-order valence-electron chi connectivity index (χ0n) is 14.5. The van der Waals surface area contributed by atoms with Crippen LogP contribution in [0.2, 0.25) is 0 Å². The average Bonchev–Trinajstić information content (AvgIpc) is 2.60. The maximum absolute atomic E-state index is 12.7. The molecule has 4 heteroatoms. The molecule has 2 amide bonds. The number of carbonyl (C=O) groups is 2. The second-order valence-corrected chi connectivity index (χ2v) is 6.42. The first-order chi connectivity index (χ1) is 11.1. The molecule has 1 aliphatic heterocycles. The third-order valence-electron chi connectivity index (χ3n) is 4.74. The van der Waals surface area contributed by atoms with E-state index >= 15 is 0 Å². The molecule has 0 saturated carbocycles. The molecule has 0 radical (unpaired) electrons. The second kappa shape index (κ2) is 8.14. The third-order valence-corrected chi connectivity index (χ3v) is 4.74. The lowest BCUT2D eigenvalue weighted by atomic mass is 9.98. The molecule has 1 heterocycles. The highest BCUT2D eigenvalue weighted by Gasteiger charge is 2.26. The van der Waals surface area contributed by atoms with E-state index in [-0.39, 0.29) is 17.9 Å². The number of amides is 2. The van der Waals surface area contributed by atoms with Crippen molar-refractivity contribution in [1.29, 1.82) is 0 Å². The smallest absolute Gasteiger partial charge is 0.254 e. The molecule has 1 saturated heterocycles. The number of rotatable bonds is 5. The third kappa shape index (κ3) is 4.34. The first-order valence-electron chi connectivity index (χ1n) is 8.78. The van der Waals surface area contributed by atoms with Crippen LogP contribution >= 0.6 is 0 Å². The lowest BCUT2D eigenvalue weighted by Gasteiger charge is -2.35. The van der Waals surface area contributed by atoms with E-state index in [2.05, 4.69) is 12.2 Å². The molecule has 0 aromatic heterocycles. The van der Waals surface area contributed by atoms with E-state index in [1.54, 1.807) is 24.3 Å². The van der Waals surface area contributed by atoms with Crippen LogP contribution in [0.25, 0.3) is 0 Å². The topological polar surface area (TPSA) is 49.4 Å². The fraction of sp³-hybridized carbons (Fsp3) is 0.579. The average molecular weight is 316 g/mol. The molecular formula is C19H28N2O2. The number of carbonyl (C=O) groups excluding carboxylic acids is 2. The quantitative estimate of drug-likeness (QED) is 0.902. The van der Waals surface area contributed by atoms with Gasteiger partial charge in [-0.1, -0.05) is 13.8 Å². The summed E-state index contributed by atoms with van der Waals surface area (Å²) in [6, 6.07) is 7.54. The van der Waals surface area contributed by atoms with Gasteiger partial charge in [-0.2, -0.15) is 0 Å². The van der Waals surface area contributed by atoms with Crippen LogP contribution in [0.5, 0.6) is 0 Å². The van der Waals surface area contributed by atoms with E-state index in [1.807, 2.05) is 18.7 Å². The summed E-state index contributed by atoms with van der Waals surface area (Å²) in [6.45, 7) is 7.00. The lowest BCUT2D eigenvalue weighted by molar-refractivity contribution is 0.0607. The van der Waals surface area contributed by atoms with Gasteiger partial charge >= 0.3 is 0 Å². The van der Waals surface area contributed by atoms with Crippen molar-refractivity contribution < 1.29 is 9.59 Å². The Hall–Kier alpha value is -1.84. The predicted molar refractivity (Wildman–Crippen MR) is 92.6 cm³/mol. The molecule has 23 heavy (non-hydrogen) atoms. The molecule has 1 aromatic carbocycles. The van der Waals surface area contributed by atoms with Crippen LogP contribution in [0, 0.1) is 0 Å². The molecular weight excluding hydrogens is 288 g/mol. The van der Waals surface area contributed by atoms with Crippen LogP contribution in [0.15, 0.2) is 24.3 Å². The summed E-state index contributed by atoms with van der Waals surface area (Å²) in [4.78, 5) is 26.8. The molecule has 1 aliphatic rings. The van der Waals surface area contributed by atoms with Gasteiger partial charge in [0.15, 0.2) is 0 Å². The van der Waals surface area contributed by atoms with E-state index in [0.717, 1.165) is 32.2 Å². The minimum absolute atomic E-state index is 0.0808. The Bertz CT molecular complexity index is 539. The molecule has 1 aromatic rings. The van der Waals surface area contributed by atoms with Crippen LogP contribution < -0.4 is 5.32 Å². The van der Waals surface area contributed by atoms with Gasteiger partial charge in [-0.05, 0) is 63.3 Å². The summed E-state index contributed by atoms with van der Waals surface area (Å²) in [5.74, 6) is 0.00758. The van der Waals surface area contributed by atoms with Crippen molar-refractivity contribution in [3.8, 4) is 0 Å².